The van der Waals surface area contributed by atoms with E-state index in [0.29, 0.717) is 5.02 Å². The number of halogens is 3. The SMILES string of the molecule is N#Cc1ccc(OC2CN(S(=O)(=O)c3ccc(Cl)cc3Br)C[C@@]2(O)CO)cc1F. The molecule has 1 aliphatic rings. The van der Waals surface area contributed by atoms with Crippen molar-refractivity contribution < 1.29 is 27.8 Å². The van der Waals surface area contributed by atoms with Gasteiger partial charge in [0.05, 0.1) is 23.6 Å². The summed E-state index contributed by atoms with van der Waals surface area (Å²) < 4.78 is 46.7. The molecule has 1 fully saturated rings. The number of benzene rings is 2. The summed E-state index contributed by atoms with van der Waals surface area (Å²) in [6.45, 7) is -1.48. The number of ether oxygens (including phenoxy) is 1. The molecule has 0 amide bonds. The van der Waals surface area contributed by atoms with E-state index < -0.39 is 40.7 Å². The van der Waals surface area contributed by atoms with E-state index in [1.165, 1.54) is 30.3 Å². The molecule has 0 bridgehead atoms. The summed E-state index contributed by atoms with van der Waals surface area (Å²) in [6, 6.07) is 9.34. The third kappa shape index (κ3) is 4.26. The number of hydrogen-bond donors (Lipinski definition) is 2. The third-order valence-electron chi connectivity index (χ3n) is 4.54. The van der Waals surface area contributed by atoms with Crippen LogP contribution in [-0.4, -0.2) is 54.3 Å². The highest BCUT2D eigenvalue weighted by Crippen LogP contribution is 2.34. The van der Waals surface area contributed by atoms with Gasteiger partial charge in [0, 0.05) is 22.1 Å². The van der Waals surface area contributed by atoms with Crippen LogP contribution in [0.2, 0.25) is 5.02 Å². The van der Waals surface area contributed by atoms with Crippen molar-refractivity contribution >= 4 is 37.6 Å². The van der Waals surface area contributed by atoms with Gasteiger partial charge >= 0.3 is 0 Å². The summed E-state index contributed by atoms with van der Waals surface area (Å²) in [5.41, 5.74) is -2.09. The second-order valence-corrected chi connectivity index (χ2v) is 9.69. The minimum absolute atomic E-state index is 0.00898. The van der Waals surface area contributed by atoms with Crippen LogP contribution < -0.4 is 4.74 Å². The van der Waals surface area contributed by atoms with Crippen molar-refractivity contribution in [2.45, 2.75) is 16.6 Å². The average molecular weight is 506 g/mol. The van der Waals surface area contributed by atoms with Gasteiger partial charge in [0.2, 0.25) is 10.0 Å². The van der Waals surface area contributed by atoms with Gasteiger partial charge in [0.15, 0.2) is 0 Å². The maximum Gasteiger partial charge on any atom is 0.244 e. The molecule has 1 saturated heterocycles. The Morgan fingerprint density at radius 1 is 1.38 bits per heavy atom. The highest BCUT2D eigenvalue weighted by atomic mass is 79.9. The zero-order valence-corrected chi connectivity index (χ0v) is 17.9. The zero-order valence-electron chi connectivity index (χ0n) is 14.7. The number of nitrogens with zero attached hydrogens (tertiary/aromatic N) is 2. The van der Waals surface area contributed by atoms with Crippen molar-refractivity contribution in [3.8, 4) is 11.8 Å². The Balaban J connectivity index is 1.89. The standard InChI is InChI=1S/C18H15BrClFN2O5S/c19-14-5-12(20)2-4-16(14)29(26,27)23-8-17(18(25,9-23)10-24)28-13-3-1-11(7-22)15(21)6-13/h1-6,17,24-25H,8-10H2/t17?,18-/m1/s1. The zero-order chi connectivity index (χ0) is 21.4. The molecule has 1 heterocycles. The van der Waals surface area contributed by atoms with Crippen LogP contribution in [0, 0.1) is 17.1 Å². The van der Waals surface area contributed by atoms with Gasteiger partial charge in [-0.3, -0.25) is 0 Å². The number of hydrogen-bond acceptors (Lipinski definition) is 6. The van der Waals surface area contributed by atoms with E-state index in [9.17, 15) is 23.0 Å². The van der Waals surface area contributed by atoms with E-state index in [0.717, 1.165) is 10.4 Å². The quantitative estimate of drug-likeness (QED) is 0.645. The number of sulfonamides is 1. The molecule has 1 aliphatic heterocycles. The van der Waals surface area contributed by atoms with Crippen LogP contribution in [0.15, 0.2) is 45.8 Å². The summed E-state index contributed by atoms with van der Waals surface area (Å²) >= 11 is 9.02. The number of aliphatic hydroxyl groups excluding tert-OH is 1. The van der Waals surface area contributed by atoms with Crippen LogP contribution in [0.5, 0.6) is 5.75 Å². The van der Waals surface area contributed by atoms with Gasteiger partial charge in [0.25, 0.3) is 0 Å². The van der Waals surface area contributed by atoms with Gasteiger partial charge in [-0.15, -0.1) is 0 Å². The third-order valence-corrected chi connectivity index (χ3v) is 7.57. The van der Waals surface area contributed by atoms with Crippen LogP contribution in [0.25, 0.3) is 0 Å². The highest BCUT2D eigenvalue weighted by Gasteiger charge is 2.51. The lowest BCUT2D eigenvalue weighted by Crippen LogP contribution is -2.48. The summed E-state index contributed by atoms with van der Waals surface area (Å²) in [5.74, 6) is -0.824. The van der Waals surface area contributed by atoms with Gasteiger partial charge < -0.3 is 14.9 Å². The smallest absolute Gasteiger partial charge is 0.244 e. The molecule has 2 atom stereocenters. The summed E-state index contributed by atoms with van der Waals surface area (Å²) in [6.07, 6.45) is -1.17. The first-order valence-corrected chi connectivity index (χ1v) is 10.9. The Labute approximate surface area is 180 Å². The van der Waals surface area contributed by atoms with E-state index in [1.54, 1.807) is 6.07 Å². The Bertz CT molecular complexity index is 1090. The lowest BCUT2D eigenvalue weighted by molar-refractivity contribution is -0.0641. The first-order valence-electron chi connectivity index (χ1n) is 8.25. The van der Waals surface area contributed by atoms with E-state index in [4.69, 9.17) is 21.6 Å². The Hall–Kier alpha value is -1.74. The lowest BCUT2D eigenvalue weighted by atomic mass is 10.0. The van der Waals surface area contributed by atoms with Gasteiger partial charge in [-0.1, -0.05) is 11.6 Å². The van der Waals surface area contributed by atoms with E-state index in [2.05, 4.69) is 15.9 Å². The lowest BCUT2D eigenvalue weighted by Gasteiger charge is -2.27. The molecule has 0 saturated carbocycles. The van der Waals surface area contributed by atoms with Crippen LogP contribution in [0.1, 0.15) is 5.56 Å². The fraction of sp³-hybridized carbons (Fsp3) is 0.278. The minimum Gasteiger partial charge on any atom is -0.486 e. The normalized spacial score (nSPS) is 22.4. The molecule has 0 spiro atoms. The molecule has 2 N–H and O–H groups in total. The molecule has 0 radical (unpaired) electrons. The van der Waals surface area contributed by atoms with Crippen LogP contribution in [0.4, 0.5) is 4.39 Å². The number of nitriles is 1. The molecular weight excluding hydrogens is 491 g/mol. The van der Waals surface area contributed by atoms with Crippen LogP contribution >= 0.6 is 27.5 Å². The van der Waals surface area contributed by atoms with Gasteiger partial charge in [-0.2, -0.15) is 9.57 Å². The molecule has 1 unspecified atom stereocenters. The van der Waals surface area contributed by atoms with Gasteiger partial charge in [0.1, 0.15) is 29.3 Å². The second-order valence-electron chi connectivity index (χ2n) is 6.49. The molecule has 7 nitrogen and oxygen atoms in total. The fourth-order valence-electron chi connectivity index (χ4n) is 2.96. The first kappa shape index (κ1) is 22.0. The fourth-order valence-corrected chi connectivity index (χ4v) is 5.80. The molecule has 0 aliphatic carbocycles. The molecule has 2 aromatic rings. The van der Waals surface area contributed by atoms with Crippen molar-refractivity contribution in [3.05, 3.63) is 57.3 Å². The van der Waals surface area contributed by atoms with Crippen molar-refractivity contribution in [3.63, 3.8) is 0 Å². The van der Waals surface area contributed by atoms with Crippen molar-refractivity contribution in [1.82, 2.24) is 4.31 Å². The Kier molecular flexibility index (Phi) is 6.19. The summed E-state index contributed by atoms with van der Waals surface area (Å²) in [5, 5.41) is 29.5. The Morgan fingerprint density at radius 3 is 2.69 bits per heavy atom. The van der Waals surface area contributed by atoms with Crippen LogP contribution in [-0.2, 0) is 10.0 Å². The first-order chi connectivity index (χ1) is 13.6. The average Bonchev–Trinajstić information content (AvgIpc) is 2.99. The summed E-state index contributed by atoms with van der Waals surface area (Å²) in [7, 11) is -4.05. The highest BCUT2D eigenvalue weighted by molar-refractivity contribution is 9.10. The van der Waals surface area contributed by atoms with Crippen molar-refractivity contribution in [2.75, 3.05) is 19.7 Å². The molecule has 11 heteroatoms. The second kappa shape index (κ2) is 8.18. The minimum atomic E-state index is -4.05. The number of β-amino-alcohol motifs (C(OH)–C–C–N with tert-alkyl or cyclic N) is 1. The molecule has 3 rings (SSSR count). The van der Waals surface area contributed by atoms with Crippen molar-refractivity contribution in [2.24, 2.45) is 0 Å². The molecule has 2 aromatic carbocycles. The molecule has 0 aromatic heterocycles. The monoisotopic (exact) mass is 504 g/mol. The maximum atomic E-state index is 13.8. The Morgan fingerprint density at radius 2 is 2.10 bits per heavy atom. The van der Waals surface area contributed by atoms with Crippen molar-refractivity contribution in [1.29, 1.82) is 5.26 Å². The molecule has 29 heavy (non-hydrogen) atoms. The predicted molar refractivity (Wildman–Crippen MR) is 105 cm³/mol. The largest absolute Gasteiger partial charge is 0.486 e. The number of aliphatic hydroxyl groups is 2. The predicted octanol–water partition coefficient (Wildman–Crippen LogP) is 2.29. The van der Waals surface area contributed by atoms with E-state index in [1.807, 2.05) is 0 Å². The van der Waals surface area contributed by atoms with Gasteiger partial charge in [-0.25, -0.2) is 12.8 Å². The molecular formula is C18H15BrClFN2O5S. The maximum absolute atomic E-state index is 13.8. The topological polar surface area (TPSA) is 111 Å². The summed E-state index contributed by atoms with van der Waals surface area (Å²) in [4.78, 5) is -0.0627. The van der Waals surface area contributed by atoms with Crippen LogP contribution in [0.3, 0.4) is 0 Å². The molecule has 154 valence electrons. The van der Waals surface area contributed by atoms with E-state index in [-0.39, 0.29) is 27.2 Å². The van der Waals surface area contributed by atoms with E-state index >= 15 is 0 Å². The van der Waals surface area contributed by atoms with Gasteiger partial charge in [-0.05, 0) is 46.3 Å². The number of rotatable bonds is 5.